The summed E-state index contributed by atoms with van der Waals surface area (Å²) in [7, 11) is 0. The molecule has 2 aromatic carbocycles. The van der Waals surface area contributed by atoms with Crippen LogP contribution in [0.5, 0.6) is 0 Å². The molecule has 38 heavy (non-hydrogen) atoms. The van der Waals surface area contributed by atoms with Crippen LogP contribution in [0, 0.1) is 0 Å². The van der Waals surface area contributed by atoms with Crippen molar-refractivity contribution in [3.63, 3.8) is 0 Å². The molecule has 2 atom stereocenters. The molecule has 0 heterocycles. The number of hydrogen-bond donors (Lipinski definition) is 0. The minimum Gasteiger partial charge on any atom is -0.309 e. The lowest BCUT2D eigenvalue weighted by atomic mass is 9.97. The highest BCUT2D eigenvalue weighted by Crippen LogP contribution is 2.36. The molecule has 0 fully saturated rings. The van der Waals surface area contributed by atoms with E-state index in [4.69, 9.17) is 0 Å². The molecule has 0 aliphatic carbocycles. The third-order valence-corrected chi connectivity index (χ3v) is 8.73. The van der Waals surface area contributed by atoms with Gasteiger partial charge in [-0.05, 0) is 37.8 Å². The van der Waals surface area contributed by atoms with E-state index >= 15 is 0 Å². The average Bonchev–Trinajstić information content (AvgIpc) is 2.97. The lowest BCUT2D eigenvalue weighted by Crippen LogP contribution is -2.60. The summed E-state index contributed by atoms with van der Waals surface area (Å²) in [5.41, 5.74) is 2.83. The highest BCUT2D eigenvalue weighted by molar-refractivity contribution is 5.22. The van der Waals surface area contributed by atoms with Crippen LogP contribution < -0.4 is 0 Å². The Balaban J connectivity index is 2.61. The Bertz CT molecular complexity index is 797. The van der Waals surface area contributed by atoms with Gasteiger partial charge < -0.3 is 8.97 Å². The minimum absolute atomic E-state index is 0.326. The third-order valence-electron chi connectivity index (χ3n) is 8.73. The van der Waals surface area contributed by atoms with Crippen molar-refractivity contribution in [2.75, 3.05) is 39.3 Å². The molecule has 0 saturated carbocycles. The Labute approximate surface area is 236 Å². The first-order valence-corrected chi connectivity index (χ1v) is 15.6. The first kappa shape index (κ1) is 32.1. The molecule has 0 aliphatic heterocycles. The minimum atomic E-state index is 0.326. The van der Waals surface area contributed by atoms with Gasteiger partial charge in [0.25, 0.3) is 0 Å². The van der Waals surface area contributed by atoms with Gasteiger partial charge in [-0.2, -0.15) is 0 Å². The summed E-state index contributed by atoms with van der Waals surface area (Å²) in [6.45, 7) is 25.4. The van der Waals surface area contributed by atoms with Gasteiger partial charge in [-0.1, -0.05) is 127 Å². The maximum absolute atomic E-state index is 4.43. The van der Waals surface area contributed by atoms with Gasteiger partial charge in [0.05, 0.1) is 26.2 Å². The van der Waals surface area contributed by atoms with E-state index in [0.717, 1.165) is 8.97 Å². The second-order valence-corrected chi connectivity index (χ2v) is 11.4. The summed E-state index contributed by atoms with van der Waals surface area (Å²) in [4.78, 5) is 0. The van der Waals surface area contributed by atoms with Crippen molar-refractivity contribution in [3.8, 4) is 0 Å². The molecule has 0 radical (unpaired) electrons. The molecule has 0 spiro atoms. The summed E-state index contributed by atoms with van der Waals surface area (Å²) < 4.78 is 2.23. The number of quaternary nitrogens is 2. The largest absolute Gasteiger partial charge is 0.309 e. The summed E-state index contributed by atoms with van der Waals surface area (Å²) in [6.07, 6.45) is 14.5. The quantitative estimate of drug-likeness (QED) is 0.114. The molecule has 0 saturated heterocycles. The first-order chi connectivity index (χ1) is 18.6. The fourth-order valence-electron chi connectivity index (χ4n) is 6.45. The number of hydrogen-bond acceptors (Lipinski definition) is 0. The van der Waals surface area contributed by atoms with Crippen LogP contribution >= 0.6 is 0 Å². The molecule has 0 amide bonds. The van der Waals surface area contributed by atoms with Gasteiger partial charge in [0, 0.05) is 11.1 Å². The molecular formula is C36H58N2+2. The number of nitrogens with zero attached hydrogens (tertiary/aromatic N) is 2. The Hall–Kier alpha value is -2.16. The summed E-state index contributed by atoms with van der Waals surface area (Å²) in [5.74, 6) is 0. The Morgan fingerprint density at radius 3 is 1.03 bits per heavy atom. The van der Waals surface area contributed by atoms with Crippen molar-refractivity contribution < 1.29 is 8.97 Å². The third kappa shape index (κ3) is 8.68. The molecule has 2 heteroatoms. The van der Waals surface area contributed by atoms with Gasteiger partial charge in [-0.3, -0.25) is 0 Å². The zero-order valence-corrected chi connectivity index (χ0v) is 25.3. The monoisotopic (exact) mass is 518 g/mol. The molecule has 0 aromatic heterocycles. The Kier molecular flexibility index (Phi) is 14.7. The number of unbranched alkanes of at least 4 members (excludes halogenated alkanes) is 4. The van der Waals surface area contributed by atoms with Gasteiger partial charge in [0.2, 0.25) is 0 Å². The van der Waals surface area contributed by atoms with E-state index < -0.39 is 0 Å². The predicted octanol–water partition coefficient (Wildman–Crippen LogP) is 9.68. The van der Waals surface area contributed by atoms with E-state index in [1.54, 1.807) is 0 Å². The van der Waals surface area contributed by atoms with Crippen molar-refractivity contribution in [2.45, 2.75) is 91.1 Å². The normalized spacial score (nSPS) is 13.7. The number of rotatable bonds is 21. The molecule has 0 N–H and O–H groups in total. The molecule has 2 rings (SSSR count). The standard InChI is InChI=1S/C36H58N2/c1-7-13-27-37(28-14-8-2,35(11-5)33-23-19-17-20-24-33)31-32-38(29-15-9-3,30-16-10-4)36(12-6)34-25-21-18-22-26-34/h11-12,17-26,35-36H,5-10,13-16,27-32H2,1-4H3/q+2. The van der Waals surface area contributed by atoms with Crippen LogP contribution in [0.25, 0.3) is 0 Å². The van der Waals surface area contributed by atoms with Gasteiger partial charge >= 0.3 is 0 Å². The van der Waals surface area contributed by atoms with Gasteiger partial charge in [-0.15, -0.1) is 0 Å². The van der Waals surface area contributed by atoms with E-state index in [1.807, 2.05) is 0 Å². The highest BCUT2D eigenvalue weighted by atomic mass is 15.4. The van der Waals surface area contributed by atoms with Crippen LogP contribution in [0.2, 0.25) is 0 Å². The molecule has 0 aliphatic rings. The van der Waals surface area contributed by atoms with Crippen LogP contribution in [0.15, 0.2) is 86.0 Å². The van der Waals surface area contributed by atoms with Crippen LogP contribution in [-0.2, 0) is 0 Å². The van der Waals surface area contributed by atoms with Crippen LogP contribution in [-0.4, -0.2) is 48.2 Å². The predicted molar refractivity (Wildman–Crippen MR) is 168 cm³/mol. The molecule has 2 nitrogen and oxygen atoms in total. The Morgan fingerprint density at radius 1 is 0.500 bits per heavy atom. The van der Waals surface area contributed by atoms with Crippen LogP contribution in [0.4, 0.5) is 0 Å². The van der Waals surface area contributed by atoms with Gasteiger partial charge in [0.1, 0.15) is 25.2 Å². The summed E-state index contributed by atoms with van der Waals surface area (Å²) in [6, 6.07) is 23.0. The second-order valence-electron chi connectivity index (χ2n) is 11.4. The maximum Gasteiger partial charge on any atom is 0.133 e. The Morgan fingerprint density at radius 2 is 0.789 bits per heavy atom. The fourth-order valence-corrected chi connectivity index (χ4v) is 6.45. The van der Waals surface area contributed by atoms with E-state index in [1.165, 1.54) is 102 Å². The molecule has 0 bridgehead atoms. The molecule has 210 valence electrons. The molecule has 2 aromatic rings. The molecular weight excluding hydrogens is 460 g/mol. The van der Waals surface area contributed by atoms with E-state index in [-0.39, 0.29) is 0 Å². The fraction of sp³-hybridized carbons (Fsp3) is 0.556. The average molecular weight is 519 g/mol. The summed E-state index contributed by atoms with van der Waals surface area (Å²) in [5, 5.41) is 0. The second kappa shape index (κ2) is 17.4. The van der Waals surface area contributed by atoms with E-state index in [0.29, 0.717) is 12.1 Å². The smallest absolute Gasteiger partial charge is 0.133 e. The summed E-state index contributed by atoms with van der Waals surface area (Å²) >= 11 is 0. The van der Waals surface area contributed by atoms with Crippen molar-refractivity contribution in [3.05, 3.63) is 97.1 Å². The van der Waals surface area contributed by atoms with E-state index in [9.17, 15) is 0 Å². The molecule has 2 unspecified atom stereocenters. The van der Waals surface area contributed by atoms with Crippen molar-refractivity contribution >= 4 is 0 Å². The lowest BCUT2D eigenvalue weighted by molar-refractivity contribution is -1.00. The zero-order valence-electron chi connectivity index (χ0n) is 25.3. The highest BCUT2D eigenvalue weighted by Gasteiger charge is 2.42. The zero-order chi connectivity index (χ0) is 27.7. The van der Waals surface area contributed by atoms with Gasteiger partial charge in [0.15, 0.2) is 0 Å². The van der Waals surface area contributed by atoms with Crippen molar-refractivity contribution in [1.29, 1.82) is 0 Å². The topological polar surface area (TPSA) is 0 Å². The number of benzene rings is 2. The SMILES string of the molecule is C=CC(c1ccccc1)[N+](CCCC)(CCCC)CC[N+](CCCC)(CCCC)C(C=C)c1ccccc1. The first-order valence-electron chi connectivity index (χ1n) is 15.6. The van der Waals surface area contributed by atoms with Crippen LogP contribution in [0.1, 0.15) is 102 Å². The van der Waals surface area contributed by atoms with Crippen molar-refractivity contribution in [1.82, 2.24) is 0 Å². The van der Waals surface area contributed by atoms with Gasteiger partial charge in [-0.25, -0.2) is 0 Å². The van der Waals surface area contributed by atoms with Crippen LogP contribution in [0.3, 0.4) is 0 Å². The maximum atomic E-state index is 4.43. The van der Waals surface area contributed by atoms with E-state index in [2.05, 4.69) is 114 Å². The van der Waals surface area contributed by atoms with Crippen molar-refractivity contribution in [2.24, 2.45) is 0 Å². The lowest BCUT2D eigenvalue weighted by Gasteiger charge is -2.49.